The first kappa shape index (κ1) is 23.0. The molecule has 1 heterocycles. The Kier molecular flexibility index (Phi) is 6.65. The molecular weight excluding hydrogens is 433 g/mol. The zero-order valence-electron chi connectivity index (χ0n) is 16.4. The van der Waals surface area contributed by atoms with Crippen LogP contribution in [0.4, 0.5) is 24.5 Å². The van der Waals surface area contributed by atoms with Gasteiger partial charge in [0.05, 0.1) is 6.61 Å². The molecule has 1 aliphatic rings. The molecule has 1 fully saturated rings. The molecule has 1 unspecified atom stereocenters. The van der Waals surface area contributed by atoms with Crippen molar-refractivity contribution in [1.82, 2.24) is 0 Å². The molecule has 2 aromatic rings. The van der Waals surface area contributed by atoms with Crippen molar-refractivity contribution in [3.05, 3.63) is 54.1 Å². The smallest absolute Gasteiger partial charge is 0.406 e. The van der Waals surface area contributed by atoms with E-state index in [9.17, 15) is 27.9 Å². The Morgan fingerprint density at radius 1 is 1.22 bits per heavy atom. The molecule has 2 atom stereocenters. The SMILES string of the molecule is N=C(N)c1ccc(NC(=O)C(O)[C@H]2OCCN(c3ccc(OC(F)(F)F)cc3)C2=O)cc1. The summed E-state index contributed by atoms with van der Waals surface area (Å²) in [5.41, 5.74) is 6.36. The van der Waals surface area contributed by atoms with Crippen molar-refractivity contribution < 1.29 is 37.3 Å². The van der Waals surface area contributed by atoms with E-state index >= 15 is 0 Å². The highest BCUT2D eigenvalue weighted by molar-refractivity contribution is 6.04. The van der Waals surface area contributed by atoms with Crippen LogP contribution in [0.2, 0.25) is 0 Å². The van der Waals surface area contributed by atoms with Gasteiger partial charge in [-0.25, -0.2) is 0 Å². The van der Waals surface area contributed by atoms with Gasteiger partial charge in [-0.3, -0.25) is 15.0 Å². The van der Waals surface area contributed by atoms with Crippen molar-refractivity contribution >= 4 is 29.0 Å². The lowest BCUT2D eigenvalue weighted by Crippen LogP contribution is -2.55. The van der Waals surface area contributed by atoms with Crippen LogP contribution in [0.3, 0.4) is 0 Å². The number of nitrogens with zero attached hydrogens (tertiary/aromatic N) is 1. The van der Waals surface area contributed by atoms with E-state index in [1.807, 2.05) is 0 Å². The monoisotopic (exact) mass is 452 g/mol. The molecule has 170 valence electrons. The number of nitrogen functional groups attached to an aromatic ring is 1. The average Bonchev–Trinajstić information content (AvgIpc) is 2.73. The number of nitrogens with two attached hydrogens (primary N) is 1. The van der Waals surface area contributed by atoms with E-state index in [2.05, 4.69) is 10.1 Å². The van der Waals surface area contributed by atoms with Crippen LogP contribution in [0.25, 0.3) is 0 Å². The predicted molar refractivity (Wildman–Crippen MR) is 107 cm³/mol. The highest BCUT2D eigenvalue weighted by atomic mass is 19.4. The summed E-state index contributed by atoms with van der Waals surface area (Å²) in [6, 6.07) is 10.6. The highest BCUT2D eigenvalue weighted by Gasteiger charge is 2.39. The molecule has 0 saturated carbocycles. The van der Waals surface area contributed by atoms with Gasteiger partial charge in [0, 0.05) is 23.5 Å². The molecule has 3 rings (SSSR count). The minimum absolute atomic E-state index is 0.00510. The number of rotatable bonds is 6. The molecule has 1 aliphatic heterocycles. The van der Waals surface area contributed by atoms with E-state index in [1.54, 1.807) is 0 Å². The van der Waals surface area contributed by atoms with Crippen LogP contribution in [-0.2, 0) is 14.3 Å². The van der Waals surface area contributed by atoms with Crippen LogP contribution < -0.4 is 20.7 Å². The van der Waals surface area contributed by atoms with Crippen LogP contribution >= 0.6 is 0 Å². The molecule has 2 aromatic carbocycles. The summed E-state index contributed by atoms with van der Waals surface area (Å²) in [4.78, 5) is 26.4. The first-order valence-corrected chi connectivity index (χ1v) is 9.27. The number of benzene rings is 2. The number of carbonyl (C=O) groups excluding carboxylic acids is 2. The van der Waals surface area contributed by atoms with E-state index in [1.165, 1.54) is 41.3 Å². The van der Waals surface area contributed by atoms with Gasteiger partial charge in [0.25, 0.3) is 11.8 Å². The molecule has 1 saturated heterocycles. The minimum atomic E-state index is -4.84. The second kappa shape index (κ2) is 9.24. The third-order valence-electron chi connectivity index (χ3n) is 4.52. The molecule has 2 amide bonds. The molecule has 12 heteroatoms. The van der Waals surface area contributed by atoms with Crippen LogP contribution in [0.15, 0.2) is 48.5 Å². The summed E-state index contributed by atoms with van der Waals surface area (Å²) in [6.07, 6.45) is -8.19. The number of aliphatic hydroxyl groups excluding tert-OH is 1. The van der Waals surface area contributed by atoms with Crippen molar-refractivity contribution in [2.45, 2.75) is 18.6 Å². The third kappa shape index (κ3) is 5.53. The maximum atomic E-state index is 12.8. The minimum Gasteiger partial charge on any atom is -0.406 e. The first-order chi connectivity index (χ1) is 15.0. The number of carbonyl (C=O) groups is 2. The van der Waals surface area contributed by atoms with E-state index in [0.717, 1.165) is 12.1 Å². The summed E-state index contributed by atoms with van der Waals surface area (Å²) in [5, 5.41) is 20.2. The standard InChI is InChI=1S/C20H19F3N4O5/c21-20(22,23)32-14-7-5-13(6-8-14)27-9-10-31-16(19(27)30)15(28)18(29)26-12-3-1-11(2-4-12)17(24)25/h1-8,15-16,28H,9-10H2,(H3,24,25)(H,26,29)/t15?,16-/m1/s1. The van der Waals surface area contributed by atoms with Gasteiger partial charge in [0.2, 0.25) is 0 Å². The van der Waals surface area contributed by atoms with Gasteiger partial charge >= 0.3 is 6.36 Å². The van der Waals surface area contributed by atoms with Gasteiger partial charge in [-0.2, -0.15) is 0 Å². The van der Waals surface area contributed by atoms with Crippen LogP contribution in [-0.4, -0.2) is 54.5 Å². The molecular formula is C20H19F3N4O5. The third-order valence-corrected chi connectivity index (χ3v) is 4.52. The number of morpholine rings is 1. The molecule has 0 bridgehead atoms. The van der Waals surface area contributed by atoms with Gasteiger partial charge in [-0.15, -0.1) is 13.2 Å². The fourth-order valence-electron chi connectivity index (χ4n) is 3.00. The van der Waals surface area contributed by atoms with Crippen molar-refractivity contribution in [3.8, 4) is 5.75 Å². The van der Waals surface area contributed by atoms with Gasteiger partial charge in [0.15, 0.2) is 12.2 Å². The number of halogens is 3. The Bertz CT molecular complexity index is 996. The molecule has 5 N–H and O–H groups in total. The number of hydrogen-bond donors (Lipinski definition) is 4. The van der Waals surface area contributed by atoms with Crippen molar-refractivity contribution in [1.29, 1.82) is 5.41 Å². The number of ether oxygens (including phenoxy) is 2. The average molecular weight is 452 g/mol. The number of alkyl halides is 3. The number of amides is 2. The Morgan fingerprint density at radius 2 is 1.84 bits per heavy atom. The maximum Gasteiger partial charge on any atom is 0.573 e. The Morgan fingerprint density at radius 3 is 2.41 bits per heavy atom. The van der Waals surface area contributed by atoms with E-state index in [4.69, 9.17) is 15.9 Å². The fourth-order valence-corrected chi connectivity index (χ4v) is 3.00. The summed E-state index contributed by atoms with van der Waals surface area (Å²) in [7, 11) is 0. The lowest BCUT2D eigenvalue weighted by Gasteiger charge is -2.34. The second-order valence-corrected chi connectivity index (χ2v) is 6.75. The number of amidine groups is 1. The van der Waals surface area contributed by atoms with E-state index in [0.29, 0.717) is 11.3 Å². The predicted octanol–water partition coefficient (Wildman–Crippen LogP) is 1.60. The quantitative estimate of drug-likeness (QED) is 0.388. The fraction of sp³-hybridized carbons (Fsp3) is 0.250. The zero-order valence-corrected chi connectivity index (χ0v) is 16.4. The Hall–Kier alpha value is -3.64. The second-order valence-electron chi connectivity index (χ2n) is 6.75. The number of nitrogens with one attached hydrogen (secondary N) is 2. The molecule has 0 aromatic heterocycles. The first-order valence-electron chi connectivity index (χ1n) is 9.27. The largest absolute Gasteiger partial charge is 0.573 e. The van der Waals surface area contributed by atoms with E-state index in [-0.39, 0.29) is 24.7 Å². The lowest BCUT2D eigenvalue weighted by molar-refractivity contribution is -0.274. The Labute approximate surface area is 180 Å². The zero-order chi connectivity index (χ0) is 23.5. The summed E-state index contributed by atoms with van der Waals surface area (Å²) >= 11 is 0. The van der Waals surface area contributed by atoms with Gasteiger partial charge in [-0.1, -0.05) is 0 Å². The van der Waals surface area contributed by atoms with Crippen LogP contribution in [0, 0.1) is 5.41 Å². The molecule has 0 spiro atoms. The normalized spacial score (nSPS) is 17.6. The van der Waals surface area contributed by atoms with Gasteiger partial charge in [-0.05, 0) is 48.5 Å². The highest BCUT2D eigenvalue weighted by Crippen LogP contribution is 2.27. The lowest BCUT2D eigenvalue weighted by atomic mass is 10.1. The summed E-state index contributed by atoms with van der Waals surface area (Å²) in [6.45, 7) is 0.0739. The Balaban J connectivity index is 1.67. The van der Waals surface area contributed by atoms with Crippen molar-refractivity contribution in [2.75, 3.05) is 23.4 Å². The van der Waals surface area contributed by atoms with Crippen LogP contribution in [0.1, 0.15) is 5.56 Å². The summed E-state index contributed by atoms with van der Waals surface area (Å²) in [5.74, 6) is -2.22. The van der Waals surface area contributed by atoms with Crippen molar-refractivity contribution in [3.63, 3.8) is 0 Å². The summed E-state index contributed by atoms with van der Waals surface area (Å²) < 4.78 is 46.0. The number of aliphatic hydroxyl groups is 1. The number of anilines is 2. The topological polar surface area (TPSA) is 138 Å². The molecule has 0 aliphatic carbocycles. The molecule has 32 heavy (non-hydrogen) atoms. The van der Waals surface area contributed by atoms with Crippen LogP contribution in [0.5, 0.6) is 5.75 Å². The van der Waals surface area contributed by atoms with Crippen molar-refractivity contribution in [2.24, 2.45) is 5.73 Å². The van der Waals surface area contributed by atoms with E-state index < -0.39 is 36.1 Å². The molecule has 9 nitrogen and oxygen atoms in total. The van der Waals surface area contributed by atoms with Gasteiger partial charge in [0.1, 0.15) is 11.6 Å². The maximum absolute atomic E-state index is 12.8. The molecule has 0 radical (unpaired) electrons. The number of hydrogen-bond acceptors (Lipinski definition) is 6. The van der Waals surface area contributed by atoms with Gasteiger partial charge < -0.3 is 30.5 Å².